The van der Waals surface area contributed by atoms with Gasteiger partial charge in [0.2, 0.25) is 0 Å². The average Bonchev–Trinajstić information content (AvgIpc) is 2.41. The molecule has 2 atom stereocenters. The number of benzene rings is 1. The van der Waals surface area contributed by atoms with Crippen molar-refractivity contribution in [1.82, 2.24) is 4.90 Å². The molecular weight excluding hydrogens is 236 g/mol. The Morgan fingerprint density at radius 3 is 2.53 bits per heavy atom. The van der Waals surface area contributed by atoms with E-state index in [9.17, 15) is 0 Å². The Morgan fingerprint density at radius 1 is 1.26 bits per heavy atom. The van der Waals surface area contributed by atoms with Crippen molar-refractivity contribution >= 4 is 0 Å². The average molecular weight is 264 g/mol. The molecule has 0 amide bonds. The van der Waals surface area contributed by atoms with Crippen LogP contribution in [0.3, 0.4) is 0 Å². The van der Waals surface area contributed by atoms with E-state index in [-0.39, 0.29) is 12.1 Å². The summed E-state index contributed by atoms with van der Waals surface area (Å²) >= 11 is 0. The van der Waals surface area contributed by atoms with Crippen LogP contribution >= 0.6 is 0 Å². The quantitative estimate of drug-likeness (QED) is 0.734. The minimum Gasteiger partial charge on any atom is -0.380 e. The first-order chi connectivity index (χ1) is 9.11. The SMILES string of the molecule is CCOCCN(C)C(c1ccccc1C)C(N)CC. The van der Waals surface area contributed by atoms with E-state index in [1.54, 1.807) is 0 Å². The third-order valence-corrected chi connectivity index (χ3v) is 3.65. The Balaban J connectivity index is 2.86. The van der Waals surface area contributed by atoms with Crippen molar-refractivity contribution in [3.63, 3.8) is 0 Å². The van der Waals surface area contributed by atoms with E-state index in [2.05, 4.69) is 50.1 Å². The maximum Gasteiger partial charge on any atom is 0.0593 e. The molecule has 2 unspecified atom stereocenters. The Labute approximate surface area is 117 Å². The van der Waals surface area contributed by atoms with Gasteiger partial charge in [0.25, 0.3) is 0 Å². The number of nitrogens with zero attached hydrogens (tertiary/aromatic N) is 1. The molecule has 0 saturated carbocycles. The summed E-state index contributed by atoms with van der Waals surface area (Å²) in [6.07, 6.45) is 0.970. The molecule has 0 radical (unpaired) electrons. The zero-order valence-electron chi connectivity index (χ0n) is 12.7. The van der Waals surface area contributed by atoms with Gasteiger partial charge in [-0.3, -0.25) is 4.90 Å². The second-order valence-electron chi connectivity index (χ2n) is 5.05. The molecule has 0 fully saturated rings. The summed E-state index contributed by atoms with van der Waals surface area (Å²) in [6.45, 7) is 8.75. The van der Waals surface area contributed by atoms with Crippen molar-refractivity contribution in [3.05, 3.63) is 35.4 Å². The third kappa shape index (κ3) is 4.60. The van der Waals surface area contributed by atoms with Crippen molar-refractivity contribution in [3.8, 4) is 0 Å². The molecule has 0 saturated heterocycles. The summed E-state index contributed by atoms with van der Waals surface area (Å²) in [7, 11) is 2.13. The first kappa shape index (κ1) is 16.2. The highest BCUT2D eigenvalue weighted by atomic mass is 16.5. The van der Waals surface area contributed by atoms with E-state index in [0.29, 0.717) is 0 Å². The normalized spacial score (nSPS) is 14.6. The first-order valence-electron chi connectivity index (χ1n) is 7.20. The number of rotatable bonds is 8. The molecule has 0 aliphatic carbocycles. The van der Waals surface area contributed by atoms with Gasteiger partial charge >= 0.3 is 0 Å². The lowest BCUT2D eigenvalue weighted by Gasteiger charge is -2.33. The van der Waals surface area contributed by atoms with Gasteiger partial charge in [-0.15, -0.1) is 0 Å². The molecule has 1 aromatic carbocycles. The van der Waals surface area contributed by atoms with E-state index in [0.717, 1.165) is 26.2 Å². The van der Waals surface area contributed by atoms with Crippen LogP contribution in [0.1, 0.15) is 37.4 Å². The monoisotopic (exact) mass is 264 g/mol. The molecule has 1 aromatic rings. The fourth-order valence-corrected chi connectivity index (χ4v) is 2.43. The molecule has 0 aliphatic heterocycles. The molecule has 0 bridgehead atoms. The molecule has 0 aliphatic rings. The predicted molar refractivity (Wildman–Crippen MR) is 81.3 cm³/mol. The number of hydrogen-bond donors (Lipinski definition) is 1. The van der Waals surface area contributed by atoms with Gasteiger partial charge < -0.3 is 10.5 Å². The number of likely N-dealkylation sites (N-methyl/N-ethyl adjacent to an activating group) is 1. The Morgan fingerprint density at radius 2 is 1.95 bits per heavy atom. The zero-order valence-corrected chi connectivity index (χ0v) is 12.7. The van der Waals surface area contributed by atoms with Gasteiger partial charge in [0.05, 0.1) is 6.61 Å². The lowest BCUT2D eigenvalue weighted by Crippen LogP contribution is -2.40. The van der Waals surface area contributed by atoms with Crippen molar-refractivity contribution in [2.75, 3.05) is 26.8 Å². The van der Waals surface area contributed by atoms with Gasteiger partial charge in [0, 0.05) is 25.2 Å². The summed E-state index contributed by atoms with van der Waals surface area (Å²) in [5, 5.41) is 0. The fraction of sp³-hybridized carbons (Fsp3) is 0.625. The number of nitrogens with two attached hydrogens (primary N) is 1. The zero-order chi connectivity index (χ0) is 14.3. The minimum atomic E-state index is 0.146. The van der Waals surface area contributed by atoms with Gasteiger partial charge in [-0.05, 0) is 38.4 Å². The molecular formula is C16H28N2O. The summed E-state index contributed by atoms with van der Waals surface area (Å²) in [4.78, 5) is 2.31. The number of hydrogen-bond acceptors (Lipinski definition) is 3. The first-order valence-corrected chi connectivity index (χ1v) is 7.20. The third-order valence-electron chi connectivity index (χ3n) is 3.65. The van der Waals surface area contributed by atoms with Crippen LogP contribution in [0.5, 0.6) is 0 Å². The molecule has 108 valence electrons. The Kier molecular flexibility index (Phi) is 7.06. The molecule has 0 heterocycles. The van der Waals surface area contributed by atoms with Crippen LogP contribution in [-0.4, -0.2) is 37.7 Å². The van der Waals surface area contributed by atoms with E-state index in [1.165, 1.54) is 11.1 Å². The summed E-state index contributed by atoms with van der Waals surface area (Å²) in [5.41, 5.74) is 8.98. The molecule has 3 nitrogen and oxygen atoms in total. The maximum absolute atomic E-state index is 6.34. The molecule has 0 spiro atoms. The number of ether oxygens (including phenoxy) is 1. The predicted octanol–water partition coefficient (Wildman–Crippen LogP) is 2.74. The van der Waals surface area contributed by atoms with Gasteiger partial charge in [-0.25, -0.2) is 0 Å². The Bertz CT molecular complexity index is 368. The summed E-state index contributed by atoms with van der Waals surface area (Å²) in [5.74, 6) is 0. The van der Waals surface area contributed by atoms with Crippen LogP contribution in [0.2, 0.25) is 0 Å². The molecule has 0 aromatic heterocycles. The Hall–Kier alpha value is -0.900. The van der Waals surface area contributed by atoms with E-state index >= 15 is 0 Å². The summed E-state index contributed by atoms with van der Waals surface area (Å²) in [6, 6.07) is 8.91. The largest absolute Gasteiger partial charge is 0.380 e. The van der Waals surface area contributed by atoms with Crippen LogP contribution in [0.15, 0.2) is 24.3 Å². The van der Waals surface area contributed by atoms with Crippen LogP contribution in [0.25, 0.3) is 0 Å². The van der Waals surface area contributed by atoms with Crippen molar-refractivity contribution in [1.29, 1.82) is 0 Å². The standard InChI is InChI=1S/C16H28N2O/c1-5-15(17)16(18(4)11-12-19-6-2)14-10-8-7-9-13(14)3/h7-10,15-16H,5-6,11-12,17H2,1-4H3. The molecule has 2 N–H and O–H groups in total. The highest BCUT2D eigenvalue weighted by molar-refractivity contribution is 5.29. The smallest absolute Gasteiger partial charge is 0.0593 e. The molecule has 19 heavy (non-hydrogen) atoms. The van der Waals surface area contributed by atoms with Gasteiger partial charge in [0.1, 0.15) is 0 Å². The van der Waals surface area contributed by atoms with Crippen LogP contribution in [0, 0.1) is 6.92 Å². The van der Waals surface area contributed by atoms with Crippen LogP contribution in [0.4, 0.5) is 0 Å². The van der Waals surface area contributed by atoms with Gasteiger partial charge in [0.15, 0.2) is 0 Å². The van der Waals surface area contributed by atoms with Gasteiger partial charge in [-0.2, -0.15) is 0 Å². The van der Waals surface area contributed by atoms with Crippen LogP contribution in [-0.2, 0) is 4.74 Å². The van der Waals surface area contributed by atoms with E-state index < -0.39 is 0 Å². The number of aryl methyl sites for hydroxylation is 1. The lowest BCUT2D eigenvalue weighted by atomic mass is 9.93. The topological polar surface area (TPSA) is 38.5 Å². The second kappa shape index (κ2) is 8.31. The van der Waals surface area contributed by atoms with Crippen molar-refractivity contribution in [2.45, 2.75) is 39.3 Å². The van der Waals surface area contributed by atoms with Crippen molar-refractivity contribution in [2.24, 2.45) is 5.73 Å². The van der Waals surface area contributed by atoms with Crippen LogP contribution < -0.4 is 5.73 Å². The molecule has 3 heteroatoms. The maximum atomic E-state index is 6.34. The minimum absolute atomic E-state index is 0.146. The fourth-order valence-electron chi connectivity index (χ4n) is 2.43. The second-order valence-corrected chi connectivity index (χ2v) is 5.05. The summed E-state index contributed by atoms with van der Waals surface area (Å²) < 4.78 is 5.45. The highest BCUT2D eigenvalue weighted by Gasteiger charge is 2.23. The molecule has 1 rings (SSSR count). The van der Waals surface area contributed by atoms with Crippen molar-refractivity contribution < 1.29 is 4.74 Å². The highest BCUT2D eigenvalue weighted by Crippen LogP contribution is 2.26. The van der Waals surface area contributed by atoms with Gasteiger partial charge in [-0.1, -0.05) is 31.2 Å². The lowest BCUT2D eigenvalue weighted by molar-refractivity contribution is 0.100. The van der Waals surface area contributed by atoms with E-state index in [1.807, 2.05) is 6.92 Å². The van der Waals surface area contributed by atoms with E-state index in [4.69, 9.17) is 10.5 Å².